The Morgan fingerprint density at radius 1 is 0.710 bits per heavy atom. The number of rotatable bonds is 8. The first-order valence-electron chi connectivity index (χ1n) is 11.4. The number of benzene rings is 3. The van der Waals surface area contributed by atoms with Gasteiger partial charge in [-0.1, -0.05) is 61.9 Å². The molecule has 4 rings (SSSR count). The summed E-state index contributed by atoms with van der Waals surface area (Å²) in [4.78, 5) is 2.42. The molecule has 3 aromatic rings. The lowest BCUT2D eigenvalue weighted by Crippen LogP contribution is -2.17. The molecule has 3 aromatic carbocycles. The molecule has 31 heavy (non-hydrogen) atoms. The van der Waals surface area contributed by atoms with Crippen molar-refractivity contribution in [3.05, 3.63) is 89.5 Å². The fourth-order valence-corrected chi connectivity index (χ4v) is 3.84. The molecule has 0 unspecified atom stereocenters. The van der Waals surface area contributed by atoms with Gasteiger partial charge in [0.2, 0.25) is 0 Å². The molecule has 0 bridgehead atoms. The molecular formula is C28H31N3. The summed E-state index contributed by atoms with van der Waals surface area (Å²) in [5, 5.41) is 8.77. The van der Waals surface area contributed by atoms with Gasteiger partial charge < -0.3 is 4.90 Å². The molecule has 0 saturated carbocycles. The minimum Gasteiger partial charge on any atom is -0.372 e. The summed E-state index contributed by atoms with van der Waals surface area (Å²) in [5.41, 5.74) is 6.82. The molecule has 0 amide bonds. The molecule has 1 fully saturated rings. The van der Waals surface area contributed by atoms with Gasteiger partial charge in [-0.15, -0.1) is 0 Å². The quantitative estimate of drug-likeness (QED) is 0.272. The Balaban J connectivity index is 1.33. The fourth-order valence-electron chi connectivity index (χ4n) is 3.84. The minimum absolute atomic E-state index is 0.862. The van der Waals surface area contributed by atoms with E-state index in [9.17, 15) is 0 Å². The number of azo groups is 1. The van der Waals surface area contributed by atoms with E-state index in [0.29, 0.717) is 0 Å². The van der Waals surface area contributed by atoms with Crippen LogP contribution in [0.2, 0.25) is 0 Å². The fraction of sp³-hybridized carbons (Fsp3) is 0.286. The Morgan fingerprint density at radius 2 is 1.23 bits per heavy atom. The van der Waals surface area contributed by atoms with E-state index in [-0.39, 0.29) is 0 Å². The third-order valence-corrected chi connectivity index (χ3v) is 5.76. The molecule has 1 saturated heterocycles. The van der Waals surface area contributed by atoms with Crippen molar-refractivity contribution in [1.82, 2.24) is 0 Å². The van der Waals surface area contributed by atoms with Gasteiger partial charge in [0.05, 0.1) is 11.4 Å². The number of hydrogen-bond donors (Lipinski definition) is 0. The minimum atomic E-state index is 0.862. The molecule has 0 aliphatic carbocycles. The maximum Gasteiger partial charge on any atom is 0.0858 e. The molecule has 1 aliphatic heterocycles. The van der Waals surface area contributed by atoms with Gasteiger partial charge in [0.25, 0.3) is 0 Å². The first kappa shape index (κ1) is 21.0. The Hall–Kier alpha value is -3.20. The van der Waals surface area contributed by atoms with Gasteiger partial charge in [-0.25, -0.2) is 0 Å². The van der Waals surface area contributed by atoms with Crippen molar-refractivity contribution < 1.29 is 0 Å². The van der Waals surface area contributed by atoms with Crippen molar-refractivity contribution in [2.24, 2.45) is 10.2 Å². The standard InChI is InChI=1S/C28H31N3/c1-2-3-6-23-7-9-24(10-8-23)11-12-25-13-15-26(16-14-25)29-30-27-17-19-28(20-18-27)31-21-4-5-22-31/h7-20H,2-6,21-22H2,1H3/b12-11+,30-29?. The Labute approximate surface area is 186 Å². The third kappa shape index (κ3) is 6.14. The summed E-state index contributed by atoms with van der Waals surface area (Å²) in [6, 6.07) is 25.4. The largest absolute Gasteiger partial charge is 0.372 e. The topological polar surface area (TPSA) is 28.0 Å². The van der Waals surface area contributed by atoms with Crippen molar-refractivity contribution in [3.8, 4) is 0 Å². The van der Waals surface area contributed by atoms with Crippen LogP contribution < -0.4 is 4.90 Å². The van der Waals surface area contributed by atoms with E-state index < -0.39 is 0 Å². The highest BCUT2D eigenvalue weighted by molar-refractivity contribution is 5.70. The first-order chi connectivity index (χ1) is 15.3. The summed E-state index contributed by atoms with van der Waals surface area (Å²) < 4.78 is 0. The van der Waals surface area contributed by atoms with Crippen LogP contribution in [0.5, 0.6) is 0 Å². The lowest BCUT2D eigenvalue weighted by Gasteiger charge is -2.17. The van der Waals surface area contributed by atoms with Gasteiger partial charge >= 0.3 is 0 Å². The van der Waals surface area contributed by atoms with Gasteiger partial charge in [0, 0.05) is 18.8 Å². The van der Waals surface area contributed by atoms with Gasteiger partial charge in [-0.2, -0.15) is 10.2 Å². The van der Waals surface area contributed by atoms with E-state index in [4.69, 9.17) is 0 Å². The van der Waals surface area contributed by atoms with Crippen LogP contribution >= 0.6 is 0 Å². The van der Waals surface area contributed by atoms with Crippen molar-refractivity contribution >= 4 is 29.2 Å². The third-order valence-electron chi connectivity index (χ3n) is 5.76. The zero-order chi connectivity index (χ0) is 21.3. The average molecular weight is 410 g/mol. The summed E-state index contributed by atoms with van der Waals surface area (Å²) in [6.45, 7) is 4.55. The number of anilines is 1. The molecule has 0 radical (unpaired) electrons. The van der Waals surface area contributed by atoms with Crippen LogP contribution in [0, 0.1) is 0 Å². The van der Waals surface area contributed by atoms with E-state index >= 15 is 0 Å². The number of nitrogens with zero attached hydrogens (tertiary/aromatic N) is 3. The zero-order valence-corrected chi connectivity index (χ0v) is 18.4. The predicted octanol–water partition coefficient (Wildman–Crippen LogP) is 8.22. The molecule has 1 aliphatic rings. The lowest BCUT2D eigenvalue weighted by atomic mass is 10.1. The van der Waals surface area contributed by atoms with Crippen molar-refractivity contribution in [1.29, 1.82) is 0 Å². The molecule has 158 valence electrons. The van der Waals surface area contributed by atoms with Crippen molar-refractivity contribution in [2.45, 2.75) is 39.0 Å². The Morgan fingerprint density at radius 3 is 1.77 bits per heavy atom. The Kier molecular flexibility index (Phi) is 7.28. The SMILES string of the molecule is CCCCc1ccc(/C=C/c2ccc(N=Nc3ccc(N4CCCC4)cc3)cc2)cc1. The van der Waals surface area contributed by atoms with Gasteiger partial charge in [-0.05, 0) is 78.8 Å². The lowest BCUT2D eigenvalue weighted by molar-refractivity contribution is 0.795. The second kappa shape index (κ2) is 10.7. The van der Waals surface area contributed by atoms with E-state index in [1.807, 2.05) is 24.3 Å². The average Bonchev–Trinajstić information content (AvgIpc) is 3.37. The summed E-state index contributed by atoms with van der Waals surface area (Å²) in [6.07, 6.45) is 10.5. The van der Waals surface area contributed by atoms with E-state index in [1.54, 1.807) is 0 Å². The Bertz CT molecular complexity index is 994. The second-order valence-electron chi connectivity index (χ2n) is 8.18. The summed E-state index contributed by atoms with van der Waals surface area (Å²) >= 11 is 0. The molecule has 0 atom stereocenters. The summed E-state index contributed by atoms with van der Waals surface area (Å²) in [5.74, 6) is 0. The highest BCUT2D eigenvalue weighted by Gasteiger charge is 2.11. The highest BCUT2D eigenvalue weighted by Crippen LogP contribution is 2.25. The maximum absolute atomic E-state index is 4.39. The molecule has 0 aromatic heterocycles. The smallest absolute Gasteiger partial charge is 0.0858 e. The first-order valence-corrected chi connectivity index (χ1v) is 11.4. The molecule has 1 heterocycles. The van der Waals surface area contributed by atoms with Crippen LogP contribution in [0.15, 0.2) is 83.0 Å². The zero-order valence-electron chi connectivity index (χ0n) is 18.4. The van der Waals surface area contributed by atoms with Crippen molar-refractivity contribution in [2.75, 3.05) is 18.0 Å². The van der Waals surface area contributed by atoms with Gasteiger partial charge in [0.1, 0.15) is 0 Å². The number of unbranched alkanes of at least 4 members (excludes halogenated alkanes) is 1. The molecule has 3 heteroatoms. The van der Waals surface area contributed by atoms with E-state index in [0.717, 1.165) is 30.0 Å². The molecular weight excluding hydrogens is 378 g/mol. The predicted molar refractivity (Wildman–Crippen MR) is 132 cm³/mol. The van der Waals surface area contributed by atoms with Crippen LogP contribution in [0.1, 0.15) is 49.3 Å². The molecule has 0 N–H and O–H groups in total. The van der Waals surface area contributed by atoms with Crippen molar-refractivity contribution in [3.63, 3.8) is 0 Å². The number of aryl methyl sites for hydroxylation is 1. The summed E-state index contributed by atoms with van der Waals surface area (Å²) in [7, 11) is 0. The second-order valence-corrected chi connectivity index (χ2v) is 8.18. The van der Waals surface area contributed by atoms with Crippen LogP contribution in [-0.2, 0) is 6.42 Å². The van der Waals surface area contributed by atoms with Crippen LogP contribution in [0.3, 0.4) is 0 Å². The number of hydrogen-bond acceptors (Lipinski definition) is 3. The van der Waals surface area contributed by atoms with Gasteiger partial charge in [-0.3, -0.25) is 0 Å². The van der Waals surface area contributed by atoms with Crippen LogP contribution in [-0.4, -0.2) is 13.1 Å². The van der Waals surface area contributed by atoms with Crippen LogP contribution in [0.4, 0.5) is 17.1 Å². The highest BCUT2D eigenvalue weighted by atomic mass is 15.1. The maximum atomic E-state index is 4.39. The molecule has 0 spiro atoms. The van der Waals surface area contributed by atoms with Gasteiger partial charge in [0.15, 0.2) is 0 Å². The monoisotopic (exact) mass is 409 g/mol. The van der Waals surface area contributed by atoms with E-state index in [1.165, 1.54) is 48.9 Å². The van der Waals surface area contributed by atoms with E-state index in [2.05, 4.69) is 82.7 Å². The van der Waals surface area contributed by atoms with Crippen LogP contribution in [0.25, 0.3) is 12.2 Å². The normalized spacial score (nSPS) is 14.2. The molecule has 3 nitrogen and oxygen atoms in total.